The normalized spacial score (nSPS) is 10.8. The van der Waals surface area contributed by atoms with Gasteiger partial charge >= 0.3 is 0 Å². The van der Waals surface area contributed by atoms with E-state index in [-0.39, 0.29) is 0 Å². The molecule has 1 aromatic heterocycles. The van der Waals surface area contributed by atoms with E-state index in [1.165, 1.54) is 0 Å². The number of hydrogen-bond donors (Lipinski definition) is 2. The zero-order valence-corrected chi connectivity index (χ0v) is 11.8. The minimum atomic E-state index is 0.656. The van der Waals surface area contributed by atoms with Crippen molar-refractivity contribution in [1.29, 1.82) is 0 Å². The molecule has 0 aliphatic rings. The third-order valence-corrected chi connectivity index (χ3v) is 2.71. The van der Waals surface area contributed by atoms with E-state index in [0.717, 1.165) is 37.7 Å². The van der Waals surface area contributed by atoms with E-state index in [2.05, 4.69) is 46.2 Å². The number of hydrogen-bond acceptors (Lipinski definition) is 6. The van der Waals surface area contributed by atoms with Crippen LogP contribution in [-0.2, 0) is 0 Å². The Morgan fingerprint density at radius 2 is 2.00 bits per heavy atom. The molecule has 6 nitrogen and oxygen atoms in total. The predicted molar refractivity (Wildman–Crippen MR) is 75.6 cm³/mol. The monoisotopic (exact) mass is 252 g/mol. The maximum absolute atomic E-state index is 5.40. The molecule has 102 valence electrons. The molecule has 0 amide bonds. The Labute approximate surface area is 109 Å². The lowest BCUT2D eigenvalue weighted by atomic mass is 10.3. The lowest BCUT2D eigenvalue weighted by Gasteiger charge is -2.23. The van der Waals surface area contributed by atoms with Crippen molar-refractivity contribution in [3.63, 3.8) is 0 Å². The Bertz CT molecular complexity index is 366. The summed E-state index contributed by atoms with van der Waals surface area (Å²) in [5, 5.41) is 0. The van der Waals surface area contributed by atoms with Crippen molar-refractivity contribution in [1.82, 2.24) is 14.9 Å². The van der Waals surface area contributed by atoms with E-state index in [4.69, 9.17) is 5.84 Å². The van der Waals surface area contributed by atoms with Crippen LogP contribution >= 0.6 is 0 Å². The predicted octanol–water partition coefficient (Wildman–Crippen LogP) is 0.849. The molecular weight excluding hydrogens is 228 g/mol. The first kappa shape index (κ1) is 14.7. The van der Waals surface area contributed by atoms with Gasteiger partial charge in [0, 0.05) is 19.2 Å². The van der Waals surface area contributed by atoms with Gasteiger partial charge in [0.1, 0.15) is 17.5 Å². The summed E-state index contributed by atoms with van der Waals surface area (Å²) in [6.45, 7) is 6.98. The van der Waals surface area contributed by atoms with Gasteiger partial charge in [-0.3, -0.25) is 0 Å². The van der Waals surface area contributed by atoms with Gasteiger partial charge in [0.05, 0.1) is 0 Å². The second-order valence-electron chi connectivity index (χ2n) is 4.54. The van der Waals surface area contributed by atoms with Crippen molar-refractivity contribution in [3.05, 3.63) is 11.9 Å². The molecule has 3 N–H and O–H groups in total. The molecule has 1 rings (SSSR count). The maximum atomic E-state index is 5.40. The molecule has 0 aromatic carbocycles. The highest BCUT2D eigenvalue weighted by molar-refractivity contribution is 5.48. The number of nitrogens with zero attached hydrogens (tertiary/aromatic N) is 4. The van der Waals surface area contributed by atoms with Crippen LogP contribution in [0.4, 0.5) is 11.6 Å². The third kappa shape index (κ3) is 4.46. The fraction of sp³-hybridized carbons (Fsp3) is 0.667. The average Bonchev–Trinajstić information content (AvgIpc) is 2.33. The molecule has 0 radical (unpaired) electrons. The van der Waals surface area contributed by atoms with Gasteiger partial charge in [-0.25, -0.2) is 15.8 Å². The number of aryl methyl sites for hydroxylation is 1. The quantitative estimate of drug-likeness (QED) is 0.554. The van der Waals surface area contributed by atoms with Crippen molar-refractivity contribution in [2.45, 2.75) is 20.3 Å². The summed E-state index contributed by atoms with van der Waals surface area (Å²) < 4.78 is 0. The van der Waals surface area contributed by atoms with Gasteiger partial charge < -0.3 is 15.2 Å². The second kappa shape index (κ2) is 7.13. The molecular formula is C12H24N6. The lowest BCUT2D eigenvalue weighted by Crippen LogP contribution is -2.28. The Morgan fingerprint density at radius 3 is 2.56 bits per heavy atom. The molecule has 1 aromatic rings. The maximum Gasteiger partial charge on any atom is 0.145 e. The molecule has 1 heterocycles. The second-order valence-corrected chi connectivity index (χ2v) is 4.54. The van der Waals surface area contributed by atoms with E-state index >= 15 is 0 Å². The zero-order chi connectivity index (χ0) is 13.5. The van der Waals surface area contributed by atoms with Crippen LogP contribution in [0.1, 0.15) is 19.2 Å². The molecule has 0 saturated carbocycles. The van der Waals surface area contributed by atoms with Crippen molar-refractivity contribution in [2.24, 2.45) is 5.84 Å². The summed E-state index contributed by atoms with van der Waals surface area (Å²) in [6.07, 6.45) is 1.11. The van der Waals surface area contributed by atoms with Crippen LogP contribution in [0, 0.1) is 6.92 Å². The van der Waals surface area contributed by atoms with Crippen LogP contribution in [0.15, 0.2) is 6.07 Å². The number of aromatic nitrogens is 2. The first-order valence-corrected chi connectivity index (χ1v) is 6.28. The summed E-state index contributed by atoms with van der Waals surface area (Å²) in [7, 11) is 4.17. The molecule has 0 saturated heterocycles. The summed E-state index contributed by atoms with van der Waals surface area (Å²) >= 11 is 0. The Morgan fingerprint density at radius 1 is 1.28 bits per heavy atom. The van der Waals surface area contributed by atoms with Crippen LogP contribution < -0.4 is 16.2 Å². The number of rotatable bonds is 7. The molecule has 0 fully saturated rings. The molecule has 0 unspecified atom stereocenters. The highest BCUT2D eigenvalue weighted by atomic mass is 15.3. The van der Waals surface area contributed by atoms with Gasteiger partial charge in [-0.1, -0.05) is 0 Å². The van der Waals surface area contributed by atoms with Crippen molar-refractivity contribution in [2.75, 3.05) is 44.1 Å². The number of nitrogen functional groups attached to an aromatic ring is 1. The first-order valence-electron chi connectivity index (χ1n) is 6.28. The molecule has 0 bridgehead atoms. The van der Waals surface area contributed by atoms with Gasteiger partial charge in [-0.2, -0.15) is 0 Å². The number of nitrogens with two attached hydrogens (primary N) is 1. The summed E-state index contributed by atoms with van der Waals surface area (Å²) in [6, 6.07) is 1.88. The van der Waals surface area contributed by atoms with Gasteiger partial charge in [0.2, 0.25) is 0 Å². The summed E-state index contributed by atoms with van der Waals surface area (Å²) in [5.74, 6) is 7.72. The van der Waals surface area contributed by atoms with E-state index in [1.807, 2.05) is 13.0 Å². The molecule has 6 heteroatoms. The molecule has 0 spiro atoms. The number of anilines is 2. The van der Waals surface area contributed by atoms with E-state index < -0.39 is 0 Å². The number of hydrazine groups is 1. The minimum Gasteiger partial charge on any atom is -0.357 e. The largest absolute Gasteiger partial charge is 0.357 e. The topological polar surface area (TPSA) is 70.3 Å². The fourth-order valence-electron chi connectivity index (χ4n) is 1.80. The van der Waals surface area contributed by atoms with Crippen LogP contribution in [0.3, 0.4) is 0 Å². The molecule has 0 aliphatic carbocycles. The molecule has 18 heavy (non-hydrogen) atoms. The van der Waals surface area contributed by atoms with E-state index in [9.17, 15) is 0 Å². The van der Waals surface area contributed by atoms with Crippen LogP contribution in [0.25, 0.3) is 0 Å². The van der Waals surface area contributed by atoms with E-state index in [0.29, 0.717) is 5.82 Å². The van der Waals surface area contributed by atoms with Crippen molar-refractivity contribution >= 4 is 11.6 Å². The zero-order valence-electron chi connectivity index (χ0n) is 11.8. The summed E-state index contributed by atoms with van der Waals surface area (Å²) in [4.78, 5) is 13.1. The van der Waals surface area contributed by atoms with Gasteiger partial charge in [0.25, 0.3) is 0 Å². The first-order chi connectivity index (χ1) is 8.56. The van der Waals surface area contributed by atoms with Crippen LogP contribution in [0.5, 0.6) is 0 Å². The molecule has 0 aliphatic heterocycles. The minimum absolute atomic E-state index is 0.656. The smallest absolute Gasteiger partial charge is 0.145 e. The standard InChI is InChI=1S/C12H24N6/c1-5-18(8-6-7-17(3)4)12-9-11(16-13)14-10(2)15-12/h9H,5-8,13H2,1-4H3,(H,14,15,16). The van der Waals surface area contributed by atoms with Gasteiger partial charge in [0.15, 0.2) is 0 Å². The molecule has 0 atom stereocenters. The SMILES string of the molecule is CCN(CCCN(C)C)c1cc(NN)nc(C)n1. The van der Waals surface area contributed by atoms with Crippen LogP contribution in [0.2, 0.25) is 0 Å². The van der Waals surface area contributed by atoms with Gasteiger partial charge in [-0.05, 0) is 40.9 Å². The Hall–Kier alpha value is -1.40. The lowest BCUT2D eigenvalue weighted by molar-refractivity contribution is 0.400. The Balaban J connectivity index is 2.71. The van der Waals surface area contributed by atoms with Gasteiger partial charge in [-0.15, -0.1) is 0 Å². The highest BCUT2D eigenvalue weighted by Crippen LogP contribution is 2.15. The van der Waals surface area contributed by atoms with Crippen molar-refractivity contribution in [3.8, 4) is 0 Å². The van der Waals surface area contributed by atoms with Crippen molar-refractivity contribution < 1.29 is 0 Å². The van der Waals surface area contributed by atoms with Crippen LogP contribution in [-0.4, -0.2) is 48.6 Å². The fourth-order valence-corrected chi connectivity index (χ4v) is 1.80. The summed E-state index contributed by atoms with van der Waals surface area (Å²) in [5.41, 5.74) is 2.58. The number of nitrogens with one attached hydrogen (secondary N) is 1. The highest BCUT2D eigenvalue weighted by Gasteiger charge is 2.08. The third-order valence-electron chi connectivity index (χ3n) is 2.71. The van der Waals surface area contributed by atoms with E-state index in [1.54, 1.807) is 0 Å². The Kier molecular flexibility index (Phi) is 5.80. The average molecular weight is 252 g/mol.